The number of piperazine rings is 1. The summed E-state index contributed by atoms with van der Waals surface area (Å²) in [6, 6.07) is 12.4. The van der Waals surface area contributed by atoms with Crippen molar-refractivity contribution in [2.24, 2.45) is 0 Å². The highest BCUT2D eigenvalue weighted by Crippen LogP contribution is 2.41. The Bertz CT molecular complexity index is 2270. The molecule has 9 nitrogen and oxygen atoms in total. The van der Waals surface area contributed by atoms with Crippen LogP contribution in [0.15, 0.2) is 66.8 Å². The van der Waals surface area contributed by atoms with Crippen molar-refractivity contribution < 1.29 is 27.1 Å². The van der Waals surface area contributed by atoms with Crippen molar-refractivity contribution in [1.82, 2.24) is 29.7 Å². The number of nitrogens with zero attached hydrogens (tertiary/aromatic N) is 7. The molecule has 0 spiro atoms. The molecule has 0 bridgehead atoms. The zero-order valence-corrected chi connectivity index (χ0v) is 28.0. The molecule has 13 heteroatoms. The predicted molar refractivity (Wildman–Crippen MR) is 189 cm³/mol. The minimum atomic E-state index is -0.968. The van der Waals surface area contributed by atoms with Crippen molar-refractivity contribution in [2.75, 3.05) is 50.8 Å². The van der Waals surface area contributed by atoms with Gasteiger partial charge in [-0.05, 0) is 43.7 Å². The second-order valence-electron chi connectivity index (χ2n) is 13.4. The fourth-order valence-corrected chi connectivity index (χ4v) is 7.78. The van der Waals surface area contributed by atoms with E-state index in [1.165, 1.54) is 29.4 Å². The largest absolute Gasteiger partial charge is 0.461 e. The predicted octanol–water partition coefficient (Wildman–Crippen LogP) is 6.11. The smallest absolute Gasteiger partial charge is 0.319 e. The monoisotopic (exact) mass is 707 g/mol. The van der Waals surface area contributed by atoms with Gasteiger partial charge in [0.25, 0.3) is 5.91 Å². The molecular formula is C39H33F4N7O2. The van der Waals surface area contributed by atoms with Crippen LogP contribution in [0.3, 0.4) is 0 Å². The first-order valence-corrected chi connectivity index (χ1v) is 17.1. The van der Waals surface area contributed by atoms with Gasteiger partial charge in [0.2, 0.25) is 0 Å². The van der Waals surface area contributed by atoms with E-state index in [0.717, 1.165) is 25.5 Å². The number of pyridine rings is 2. The number of amides is 1. The lowest BCUT2D eigenvalue weighted by Gasteiger charge is -2.35. The zero-order chi connectivity index (χ0) is 36.0. The van der Waals surface area contributed by atoms with Gasteiger partial charge in [-0.15, -0.1) is 6.42 Å². The summed E-state index contributed by atoms with van der Waals surface area (Å²) in [6.07, 6.45) is 10.9. The number of anilines is 1. The fourth-order valence-electron chi connectivity index (χ4n) is 7.78. The number of rotatable bonds is 7. The third-order valence-electron chi connectivity index (χ3n) is 10.3. The lowest BCUT2D eigenvalue weighted by Crippen LogP contribution is -2.49. The Labute approximate surface area is 297 Å². The summed E-state index contributed by atoms with van der Waals surface area (Å²) < 4.78 is 67.4. The van der Waals surface area contributed by atoms with E-state index in [9.17, 15) is 18.0 Å². The van der Waals surface area contributed by atoms with Gasteiger partial charge in [0.05, 0.1) is 16.6 Å². The zero-order valence-electron chi connectivity index (χ0n) is 28.0. The van der Waals surface area contributed by atoms with E-state index in [-0.39, 0.29) is 60.8 Å². The number of carbonyl (C=O) groups excluding carboxylic acids is 1. The Kier molecular flexibility index (Phi) is 8.71. The van der Waals surface area contributed by atoms with E-state index in [4.69, 9.17) is 16.1 Å². The molecule has 0 N–H and O–H groups in total. The van der Waals surface area contributed by atoms with Gasteiger partial charge >= 0.3 is 6.01 Å². The number of halogens is 4. The maximum Gasteiger partial charge on any atom is 0.319 e. The van der Waals surface area contributed by atoms with Crippen molar-refractivity contribution in [1.29, 1.82) is 0 Å². The Hall–Kier alpha value is -5.61. The van der Waals surface area contributed by atoms with Crippen LogP contribution in [-0.4, -0.2) is 93.2 Å². The molecule has 2 atom stereocenters. The second-order valence-corrected chi connectivity index (χ2v) is 13.4. The average Bonchev–Trinajstić information content (AvgIpc) is 3.70. The molecule has 5 aromatic rings. The molecule has 3 saturated heterocycles. The normalized spacial score (nSPS) is 20.8. The van der Waals surface area contributed by atoms with E-state index >= 15 is 4.39 Å². The minimum absolute atomic E-state index is 0.0842. The molecule has 3 fully saturated rings. The highest BCUT2D eigenvalue weighted by Gasteiger charge is 2.49. The summed E-state index contributed by atoms with van der Waals surface area (Å²) in [5, 5.41) is 0.848. The number of terminal acetylenes is 1. The van der Waals surface area contributed by atoms with Gasteiger partial charge in [-0.3, -0.25) is 19.7 Å². The number of ether oxygens (including phenoxy) is 1. The number of carbonyl (C=O) groups is 1. The van der Waals surface area contributed by atoms with E-state index in [1.807, 2.05) is 4.90 Å². The highest BCUT2D eigenvalue weighted by atomic mass is 19.1. The first-order valence-electron chi connectivity index (χ1n) is 17.1. The Morgan fingerprint density at radius 3 is 2.65 bits per heavy atom. The molecule has 264 valence electrons. The molecule has 3 aliphatic heterocycles. The highest BCUT2D eigenvalue weighted by molar-refractivity contribution is 6.02. The van der Waals surface area contributed by atoms with Crippen molar-refractivity contribution in [2.45, 2.75) is 31.0 Å². The fraction of sp³-hybridized carbons (Fsp3) is 0.308. The molecule has 1 amide bonds. The lowest BCUT2D eigenvalue weighted by atomic mass is 9.95. The number of fused-ring (bicyclic) bond motifs is 3. The summed E-state index contributed by atoms with van der Waals surface area (Å²) in [7, 11) is 0. The quantitative estimate of drug-likeness (QED) is 0.114. The van der Waals surface area contributed by atoms with Crippen LogP contribution in [0.25, 0.3) is 39.0 Å². The minimum Gasteiger partial charge on any atom is -0.461 e. The standard InChI is InChI=1S/C39H33F4N7O2/c1-2-24-10-11-30(41)27-8-5-9-28(32(24)27)34-33(43)35-29(21-45-34)36(47-38(46-35)52-23-39-12-6-14-50(39)22-25(40)20-39)48-15-17-49(18-16-48)37(51)31(42)19-26-7-3-4-13-44-26/h1,3-5,7-11,13,19,21,25H,6,12,14-18,20,22-23H2/b31-19-/t25-,39+/m1/s1. The van der Waals surface area contributed by atoms with Crippen LogP contribution >= 0.6 is 0 Å². The molecule has 52 heavy (non-hydrogen) atoms. The molecule has 0 aliphatic carbocycles. The topological polar surface area (TPSA) is 87.6 Å². The molecule has 3 aromatic heterocycles. The first-order chi connectivity index (χ1) is 25.2. The van der Waals surface area contributed by atoms with Gasteiger partial charge in [-0.2, -0.15) is 9.97 Å². The summed E-state index contributed by atoms with van der Waals surface area (Å²) >= 11 is 0. The third-order valence-corrected chi connectivity index (χ3v) is 10.3. The van der Waals surface area contributed by atoms with Gasteiger partial charge < -0.3 is 14.5 Å². The van der Waals surface area contributed by atoms with Gasteiger partial charge in [-0.1, -0.05) is 30.2 Å². The van der Waals surface area contributed by atoms with Gasteiger partial charge in [0.1, 0.15) is 35.6 Å². The number of hydrogen-bond acceptors (Lipinski definition) is 8. The summed E-state index contributed by atoms with van der Waals surface area (Å²) in [5.74, 6) is -0.111. The summed E-state index contributed by atoms with van der Waals surface area (Å²) in [4.78, 5) is 36.1. The van der Waals surface area contributed by atoms with E-state index in [1.54, 1.807) is 36.4 Å². The van der Waals surface area contributed by atoms with Crippen LogP contribution in [0, 0.1) is 24.0 Å². The lowest BCUT2D eigenvalue weighted by molar-refractivity contribution is -0.128. The SMILES string of the molecule is C#Cc1ccc(F)c2cccc(-c3ncc4c(N5CCN(C(=O)/C(F)=C/c6ccccn6)CC5)nc(OC[C@@]56CCCN5C[C@H](F)C6)nc4c3F)c12. The Balaban J connectivity index is 1.16. The maximum atomic E-state index is 16.9. The van der Waals surface area contributed by atoms with Gasteiger partial charge in [0.15, 0.2) is 11.6 Å². The summed E-state index contributed by atoms with van der Waals surface area (Å²) in [5.41, 5.74) is 0.321. The molecule has 0 unspecified atom stereocenters. The average molecular weight is 708 g/mol. The van der Waals surface area contributed by atoms with E-state index < -0.39 is 35.1 Å². The number of aromatic nitrogens is 4. The number of alkyl halides is 1. The summed E-state index contributed by atoms with van der Waals surface area (Å²) in [6.45, 7) is 2.02. The Morgan fingerprint density at radius 2 is 1.87 bits per heavy atom. The maximum absolute atomic E-state index is 16.9. The molecule has 2 aromatic carbocycles. The van der Waals surface area contributed by atoms with Crippen molar-refractivity contribution in [3.8, 4) is 29.6 Å². The molecule has 0 radical (unpaired) electrons. The molecular weight excluding hydrogens is 674 g/mol. The molecule has 8 rings (SSSR count). The molecule has 6 heterocycles. The molecule has 0 saturated carbocycles. The second kappa shape index (κ2) is 13.5. The third kappa shape index (κ3) is 5.96. The van der Waals surface area contributed by atoms with Gasteiger partial charge in [-0.25, -0.2) is 17.6 Å². The van der Waals surface area contributed by atoms with Crippen LogP contribution in [0.5, 0.6) is 6.01 Å². The van der Waals surface area contributed by atoms with Crippen molar-refractivity contribution in [3.63, 3.8) is 0 Å². The van der Waals surface area contributed by atoms with Gasteiger partial charge in [0, 0.05) is 79.5 Å². The van der Waals surface area contributed by atoms with Crippen LogP contribution in [0.2, 0.25) is 0 Å². The molecule has 3 aliphatic rings. The van der Waals surface area contributed by atoms with Crippen LogP contribution in [0.4, 0.5) is 23.4 Å². The van der Waals surface area contributed by atoms with Crippen molar-refractivity contribution in [3.05, 3.63) is 89.6 Å². The van der Waals surface area contributed by atoms with Crippen LogP contribution in [0.1, 0.15) is 30.5 Å². The van der Waals surface area contributed by atoms with E-state index in [0.29, 0.717) is 41.0 Å². The van der Waals surface area contributed by atoms with Crippen LogP contribution < -0.4 is 9.64 Å². The van der Waals surface area contributed by atoms with Crippen molar-refractivity contribution >= 4 is 39.5 Å². The van der Waals surface area contributed by atoms with E-state index in [2.05, 4.69) is 25.8 Å². The number of hydrogen-bond donors (Lipinski definition) is 0. The van der Waals surface area contributed by atoms with Crippen LogP contribution in [-0.2, 0) is 4.79 Å². The number of benzene rings is 2. The first kappa shape index (κ1) is 33.5. The Morgan fingerprint density at radius 1 is 1.02 bits per heavy atom.